The molecule has 0 unspecified atom stereocenters. The molecule has 4 aromatic rings. The van der Waals surface area contributed by atoms with Gasteiger partial charge >= 0.3 is 6.18 Å². The summed E-state index contributed by atoms with van der Waals surface area (Å²) in [4.78, 5) is 25.9. The van der Waals surface area contributed by atoms with Crippen molar-refractivity contribution in [3.05, 3.63) is 69.5 Å². The molecule has 40 heavy (non-hydrogen) atoms. The maximum atomic E-state index is 15.2. The molecule has 0 atom stereocenters. The smallest absolute Gasteiger partial charge is 0.395 e. The number of fused-ring (bicyclic) bond motifs is 2. The first kappa shape index (κ1) is 26.4. The van der Waals surface area contributed by atoms with E-state index < -0.39 is 35.3 Å². The summed E-state index contributed by atoms with van der Waals surface area (Å²) in [5.41, 5.74) is 1.13. The molecule has 3 aromatic heterocycles. The fourth-order valence-electron chi connectivity index (χ4n) is 5.36. The van der Waals surface area contributed by atoms with E-state index in [2.05, 4.69) is 39.4 Å². The lowest BCUT2D eigenvalue weighted by molar-refractivity contribution is -0.144. The second kappa shape index (κ2) is 9.10. The third-order valence-corrected chi connectivity index (χ3v) is 7.73. The minimum absolute atomic E-state index is 0.0177. The van der Waals surface area contributed by atoms with Crippen molar-refractivity contribution >= 4 is 22.7 Å². The van der Waals surface area contributed by atoms with E-state index in [1.165, 1.54) is 6.07 Å². The Hall–Kier alpha value is -3.84. The number of nitrogens with one attached hydrogen (secondary N) is 2. The molecule has 6 rings (SSSR count). The van der Waals surface area contributed by atoms with Crippen LogP contribution < -0.4 is 16.2 Å². The Bertz CT molecular complexity index is 1690. The zero-order valence-corrected chi connectivity index (χ0v) is 21.8. The third kappa shape index (κ3) is 4.52. The van der Waals surface area contributed by atoms with E-state index in [1.807, 2.05) is 18.2 Å². The highest BCUT2D eigenvalue weighted by Crippen LogP contribution is 2.47. The van der Waals surface area contributed by atoms with Crippen LogP contribution in [-0.2, 0) is 23.9 Å². The highest BCUT2D eigenvalue weighted by atomic mass is 19.4. The average molecular weight is 558 g/mol. The highest BCUT2D eigenvalue weighted by Gasteiger charge is 2.45. The number of pyridine rings is 1. The SMILES string of the molecule is CC1(C)NCCc2cc(Nc3ncc4c(=O)n(CC(F)(F)F)n(-c5nc(C6(CO)CC6)ccc5F)c4n3)ccc21. The van der Waals surface area contributed by atoms with E-state index in [1.54, 1.807) is 0 Å². The molecule has 0 amide bonds. The van der Waals surface area contributed by atoms with Crippen molar-refractivity contribution in [2.75, 3.05) is 18.5 Å². The zero-order chi connectivity index (χ0) is 28.4. The average Bonchev–Trinajstić information content (AvgIpc) is 3.65. The lowest BCUT2D eigenvalue weighted by Gasteiger charge is -2.34. The second-order valence-electron chi connectivity index (χ2n) is 11.0. The number of aromatic nitrogens is 5. The van der Waals surface area contributed by atoms with Crippen molar-refractivity contribution in [2.45, 2.75) is 56.8 Å². The summed E-state index contributed by atoms with van der Waals surface area (Å²) in [6, 6.07) is 8.26. The van der Waals surface area contributed by atoms with Crippen LogP contribution in [0.4, 0.5) is 29.2 Å². The Kier molecular flexibility index (Phi) is 6.00. The van der Waals surface area contributed by atoms with Crippen molar-refractivity contribution in [1.29, 1.82) is 0 Å². The maximum absolute atomic E-state index is 15.2. The standard InChI is InChI=1S/C27H27F4N7O2/c1-25(2)18-4-3-16(11-15(18)7-10-33-25)34-24-32-12-17-21(36-24)38(37(23(17)40)13-27(29,30)31)22-19(28)5-6-20(35-22)26(14-39)8-9-26/h3-6,11-12,33,39H,7-10,13-14H2,1-2H3,(H,32,34,36). The number of hydrogen-bond acceptors (Lipinski definition) is 7. The van der Waals surface area contributed by atoms with Gasteiger partial charge < -0.3 is 15.7 Å². The first-order valence-electron chi connectivity index (χ1n) is 12.9. The van der Waals surface area contributed by atoms with Crippen LogP contribution in [0.3, 0.4) is 0 Å². The lowest BCUT2D eigenvalue weighted by atomic mass is 9.85. The Morgan fingerprint density at radius 2 is 1.93 bits per heavy atom. The Morgan fingerprint density at radius 3 is 2.62 bits per heavy atom. The van der Waals surface area contributed by atoms with Crippen LogP contribution in [0.2, 0.25) is 0 Å². The molecule has 0 bridgehead atoms. The molecule has 210 valence electrons. The van der Waals surface area contributed by atoms with Crippen molar-refractivity contribution in [1.82, 2.24) is 29.6 Å². The summed E-state index contributed by atoms with van der Waals surface area (Å²) in [7, 11) is 0. The number of aliphatic hydroxyl groups excluding tert-OH is 1. The molecule has 2 aliphatic rings. The molecule has 0 spiro atoms. The molecule has 3 N–H and O–H groups in total. The second-order valence-corrected chi connectivity index (χ2v) is 11.0. The lowest BCUT2D eigenvalue weighted by Crippen LogP contribution is -2.42. The van der Waals surface area contributed by atoms with Crippen molar-refractivity contribution in [3.8, 4) is 5.82 Å². The van der Waals surface area contributed by atoms with Crippen LogP contribution in [0.1, 0.15) is 43.5 Å². The molecule has 1 aliphatic heterocycles. The van der Waals surface area contributed by atoms with E-state index in [9.17, 15) is 23.1 Å². The van der Waals surface area contributed by atoms with Gasteiger partial charge in [0.15, 0.2) is 17.3 Å². The Balaban J connectivity index is 1.48. The van der Waals surface area contributed by atoms with Gasteiger partial charge in [-0.25, -0.2) is 23.7 Å². The number of anilines is 2. The summed E-state index contributed by atoms with van der Waals surface area (Å²) in [6.07, 6.45) is -1.64. The third-order valence-electron chi connectivity index (χ3n) is 7.73. The topological polar surface area (TPSA) is 110 Å². The Morgan fingerprint density at radius 1 is 1.15 bits per heavy atom. The predicted molar refractivity (Wildman–Crippen MR) is 139 cm³/mol. The highest BCUT2D eigenvalue weighted by molar-refractivity contribution is 5.77. The molecule has 1 saturated carbocycles. The van der Waals surface area contributed by atoms with Gasteiger partial charge in [0.1, 0.15) is 11.9 Å². The largest absolute Gasteiger partial charge is 0.408 e. The number of aliphatic hydroxyl groups is 1. The molecule has 1 aliphatic carbocycles. The molecular formula is C27H27F4N7O2. The number of benzene rings is 1. The fourth-order valence-corrected chi connectivity index (χ4v) is 5.36. The van der Waals surface area contributed by atoms with Crippen LogP contribution in [0.5, 0.6) is 0 Å². The first-order chi connectivity index (χ1) is 18.9. The van der Waals surface area contributed by atoms with E-state index >= 15 is 4.39 Å². The zero-order valence-electron chi connectivity index (χ0n) is 21.8. The maximum Gasteiger partial charge on any atom is 0.408 e. The summed E-state index contributed by atoms with van der Waals surface area (Å²) in [5.74, 6) is -1.43. The summed E-state index contributed by atoms with van der Waals surface area (Å²) in [5, 5.41) is 16.1. The van der Waals surface area contributed by atoms with Crippen LogP contribution >= 0.6 is 0 Å². The summed E-state index contributed by atoms with van der Waals surface area (Å²) >= 11 is 0. The number of halogens is 4. The molecule has 0 radical (unpaired) electrons. The summed E-state index contributed by atoms with van der Waals surface area (Å²) in [6.45, 7) is 3.06. The van der Waals surface area contributed by atoms with Gasteiger partial charge in [-0.15, -0.1) is 0 Å². The van der Waals surface area contributed by atoms with E-state index in [4.69, 9.17) is 0 Å². The Labute approximate surface area is 225 Å². The predicted octanol–water partition coefficient (Wildman–Crippen LogP) is 3.83. The van der Waals surface area contributed by atoms with Crippen molar-refractivity contribution < 1.29 is 22.7 Å². The van der Waals surface area contributed by atoms with Crippen LogP contribution in [-0.4, -0.2) is 48.8 Å². The van der Waals surface area contributed by atoms with E-state index in [-0.39, 0.29) is 29.1 Å². The van der Waals surface area contributed by atoms with Gasteiger partial charge in [0.05, 0.1) is 12.3 Å². The van der Waals surface area contributed by atoms with Crippen LogP contribution in [0.25, 0.3) is 16.9 Å². The van der Waals surface area contributed by atoms with E-state index in [0.29, 0.717) is 28.9 Å². The number of alkyl halides is 3. The minimum atomic E-state index is -4.78. The minimum Gasteiger partial charge on any atom is -0.395 e. The molecular weight excluding hydrogens is 530 g/mol. The normalized spacial score (nSPS) is 17.6. The molecule has 0 saturated heterocycles. The van der Waals surface area contributed by atoms with Crippen molar-refractivity contribution in [3.63, 3.8) is 0 Å². The molecule has 9 nitrogen and oxygen atoms in total. The summed E-state index contributed by atoms with van der Waals surface area (Å²) < 4.78 is 57.0. The molecule has 1 aromatic carbocycles. The van der Waals surface area contributed by atoms with Gasteiger partial charge in [0.2, 0.25) is 5.95 Å². The van der Waals surface area contributed by atoms with Gasteiger partial charge in [0.25, 0.3) is 5.56 Å². The van der Waals surface area contributed by atoms with Gasteiger partial charge in [-0.1, -0.05) is 6.07 Å². The van der Waals surface area contributed by atoms with Gasteiger partial charge in [-0.3, -0.25) is 4.79 Å². The van der Waals surface area contributed by atoms with E-state index in [0.717, 1.165) is 41.0 Å². The molecule has 1 fully saturated rings. The molecule has 4 heterocycles. The number of rotatable bonds is 6. The van der Waals surface area contributed by atoms with Crippen LogP contribution in [0.15, 0.2) is 41.3 Å². The van der Waals surface area contributed by atoms with Crippen LogP contribution in [0, 0.1) is 5.82 Å². The van der Waals surface area contributed by atoms with Gasteiger partial charge in [-0.05, 0) is 75.0 Å². The molecule has 13 heteroatoms. The van der Waals surface area contributed by atoms with Gasteiger partial charge in [0, 0.05) is 22.8 Å². The monoisotopic (exact) mass is 557 g/mol. The number of nitrogens with zero attached hydrogens (tertiary/aromatic N) is 5. The number of hydrogen-bond donors (Lipinski definition) is 3. The first-order valence-corrected chi connectivity index (χ1v) is 12.9. The quantitative estimate of drug-likeness (QED) is 0.309. The van der Waals surface area contributed by atoms with Crippen molar-refractivity contribution in [2.24, 2.45) is 0 Å². The fraction of sp³-hybridized carbons (Fsp3) is 0.407. The van der Waals surface area contributed by atoms with Gasteiger partial charge in [-0.2, -0.15) is 18.2 Å².